The lowest BCUT2D eigenvalue weighted by Crippen LogP contribution is -2.50. The molecule has 4 fully saturated rings. The maximum Gasteiger partial charge on any atom is 0.222 e. The molecule has 0 bridgehead atoms. The van der Waals surface area contributed by atoms with Crippen molar-refractivity contribution in [2.24, 2.45) is 5.92 Å². The van der Waals surface area contributed by atoms with Crippen LogP contribution in [-0.2, 0) is 9.53 Å². The van der Waals surface area contributed by atoms with Gasteiger partial charge in [0.15, 0.2) is 0 Å². The van der Waals surface area contributed by atoms with Gasteiger partial charge in [0.1, 0.15) is 17.8 Å². The maximum absolute atomic E-state index is 12.1. The number of fused-ring (bicyclic) bond motifs is 2. The normalized spacial score (nSPS) is 31.8. The van der Waals surface area contributed by atoms with Crippen LogP contribution in [0, 0.1) is 5.92 Å². The van der Waals surface area contributed by atoms with Crippen molar-refractivity contribution in [3.05, 3.63) is 18.1 Å². The lowest BCUT2D eigenvalue weighted by atomic mass is 9.86. The zero-order valence-corrected chi connectivity index (χ0v) is 19.6. The summed E-state index contributed by atoms with van der Waals surface area (Å²) in [6.45, 7) is 3.89. The van der Waals surface area contributed by atoms with Gasteiger partial charge in [-0.2, -0.15) is 0 Å². The molecule has 0 unspecified atom stereocenters. The summed E-state index contributed by atoms with van der Waals surface area (Å²) >= 11 is 0. The molecule has 1 aliphatic carbocycles. The highest BCUT2D eigenvalue weighted by Gasteiger charge is 2.42. The Bertz CT molecular complexity index is 994. The van der Waals surface area contributed by atoms with Gasteiger partial charge in [-0.15, -0.1) is 0 Å². The van der Waals surface area contributed by atoms with Gasteiger partial charge in [0.2, 0.25) is 5.91 Å². The van der Waals surface area contributed by atoms with Crippen molar-refractivity contribution >= 4 is 22.8 Å². The van der Waals surface area contributed by atoms with Crippen LogP contribution in [0.3, 0.4) is 0 Å². The Morgan fingerprint density at radius 3 is 2.73 bits per heavy atom. The first-order valence-electron chi connectivity index (χ1n) is 12.8. The molecule has 8 nitrogen and oxygen atoms in total. The molecule has 1 saturated carbocycles. The number of carbonyl (C=O) groups is 1. The summed E-state index contributed by atoms with van der Waals surface area (Å²) in [5.41, 5.74) is 2.27. The number of hydrogen-bond acceptors (Lipinski definition) is 6. The van der Waals surface area contributed by atoms with Crippen molar-refractivity contribution in [2.45, 2.75) is 75.4 Å². The molecule has 3 aliphatic heterocycles. The number of piperidine rings is 1. The van der Waals surface area contributed by atoms with Crippen molar-refractivity contribution in [1.82, 2.24) is 24.8 Å². The third kappa shape index (κ3) is 4.01. The second-order valence-electron chi connectivity index (χ2n) is 10.5. The molecular formula is C25H36N6O2. The monoisotopic (exact) mass is 452 g/mol. The van der Waals surface area contributed by atoms with Gasteiger partial charge in [0, 0.05) is 70.0 Å². The molecule has 0 spiro atoms. The van der Waals surface area contributed by atoms with Crippen molar-refractivity contribution in [3.8, 4) is 0 Å². The molecule has 33 heavy (non-hydrogen) atoms. The number of nitrogens with zero attached hydrogens (tertiary/aromatic N) is 4. The second kappa shape index (κ2) is 8.87. The number of anilines is 1. The van der Waals surface area contributed by atoms with Crippen LogP contribution in [0.25, 0.3) is 11.0 Å². The number of amides is 1. The largest absolute Gasteiger partial charge is 0.381 e. The first kappa shape index (κ1) is 21.4. The fraction of sp³-hybridized carbons (Fsp3) is 0.720. The number of carbonyl (C=O) groups excluding carboxylic acids is 1. The molecule has 2 N–H and O–H groups in total. The minimum Gasteiger partial charge on any atom is -0.381 e. The minimum absolute atomic E-state index is 0.334. The first-order chi connectivity index (χ1) is 16.2. The van der Waals surface area contributed by atoms with Crippen LogP contribution < -0.4 is 5.32 Å². The lowest BCUT2D eigenvalue weighted by Gasteiger charge is -2.43. The summed E-state index contributed by atoms with van der Waals surface area (Å²) in [6.07, 6.45) is 12.6. The average molecular weight is 453 g/mol. The first-order valence-corrected chi connectivity index (χ1v) is 12.8. The van der Waals surface area contributed by atoms with E-state index in [2.05, 4.69) is 31.4 Å². The van der Waals surface area contributed by atoms with Gasteiger partial charge in [-0.05, 0) is 56.4 Å². The smallest absolute Gasteiger partial charge is 0.222 e. The molecule has 3 saturated heterocycles. The van der Waals surface area contributed by atoms with Crippen LogP contribution >= 0.6 is 0 Å². The molecule has 4 aliphatic rings. The van der Waals surface area contributed by atoms with Crippen LogP contribution in [0.5, 0.6) is 0 Å². The van der Waals surface area contributed by atoms with E-state index in [0.29, 0.717) is 35.9 Å². The van der Waals surface area contributed by atoms with Crippen molar-refractivity contribution in [3.63, 3.8) is 0 Å². The standard InChI is InChI=1S/C25H36N6O2/c1-30-21-6-9-31(14-17(21)12-22(30)32)19-4-2-18(3-5-19)29-25-23-20(16-7-10-33-11-8-16)13-26-24(23)27-15-28-25/h13,15-19,21H,2-12,14H2,1H3,(H2,26,27,28,29)/t17-,18-,19-,21+/m1/s1. The topological polar surface area (TPSA) is 86.4 Å². The summed E-state index contributed by atoms with van der Waals surface area (Å²) < 4.78 is 5.58. The molecule has 0 radical (unpaired) electrons. The number of aromatic nitrogens is 3. The number of likely N-dealkylation sites (tertiary alicyclic amines) is 2. The summed E-state index contributed by atoms with van der Waals surface area (Å²) in [6, 6.07) is 1.58. The van der Waals surface area contributed by atoms with Gasteiger partial charge in [-0.1, -0.05) is 0 Å². The van der Waals surface area contributed by atoms with E-state index in [9.17, 15) is 4.79 Å². The number of rotatable bonds is 4. The molecular weight excluding hydrogens is 416 g/mol. The molecule has 1 amide bonds. The summed E-state index contributed by atoms with van der Waals surface area (Å²) in [7, 11) is 1.99. The average Bonchev–Trinajstić information content (AvgIpc) is 3.41. The molecule has 0 aromatic carbocycles. The number of hydrogen-bond donors (Lipinski definition) is 2. The quantitative estimate of drug-likeness (QED) is 0.741. The van der Waals surface area contributed by atoms with Crippen LogP contribution in [0.4, 0.5) is 5.82 Å². The van der Waals surface area contributed by atoms with E-state index in [4.69, 9.17) is 4.74 Å². The van der Waals surface area contributed by atoms with Crippen molar-refractivity contribution in [1.29, 1.82) is 0 Å². The van der Waals surface area contributed by atoms with E-state index < -0.39 is 0 Å². The third-order valence-electron chi connectivity index (χ3n) is 8.77. The predicted molar refractivity (Wildman–Crippen MR) is 127 cm³/mol. The SMILES string of the molecule is CN1C(=O)C[C@@H]2CN([C@H]3CC[C@H](Nc4ncnc5[nH]cc(C6CCOCC6)c45)CC3)CC[C@@H]21. The van der Waals surface area contributed by atoms with E-state index in [1.54, 1.807) is 6.33 Å². The van der Waals surface area contributed by atoms with Crippen LogP contribution in [0.1, 0.15) is 62.8 Å². The lowest BCUT2D eigenvalue weighted by molar-refractivity contribution is -0.127. The van der Waals surface area contributed by atoms with E-state index in [1.165, 1.54) is 23.8 Å². The van der Waals surface area contributed by atoms with Gasteiger partial charge in [0.05, 0.1) is 5.39 Å². The molecule has 2 atom stereocenters. The highest BCUT2D eigenvalue weighted by atomic mass is 16.5. The van der Waals surface area contributed by atoms with Crippen molar-refractivity contribution < 1.29 is 9.53 Å². The van der Waals surface area contributed by atoms with E-state index >= 15 is 0 Å². The molecule has 2 aromatic rings. The molecule has 8 heteroatoms. The Labute approximate surface area is 195 Å². The van der Waals surface area contributed by atoms with Crippen LogP contribution in [0.2, 0.25) is 0 Å². The maximum atomic E-state index is 12.1. The van der Waals surface area contributed by atoms with Crippen LogP contribution in [0.15, 0.2) is 12.5 Å². The van der Waals surface area contributed by atoms with Gasteiger partial charge in [-0.3, -0.25) is 9.69 Å². The minimum atomic E-state index is 0.334. The zero-order chi connectivity index (χ0) is 22.4. The number of H-pyrrole nitrogens is 1. The number of ether oxygens (including phenoxy) is 1. The fourth-order valence-electron chi connectivity index (χ4n) is 6.85. The van der Waals surface area contributed by atoms with E-state index in [-0.39, 0.29) is 0 Å². The van der Waals surface area contributed by atoms with Crippen LogP contribution in [-0.4, -0.2) is 82.1 Å². The van der Waals surface area contributed by atoms with Gasteiger partial charge >= 0.3 is 0 Å². The Balaban J connectivity index is 1.10. The Morgan fingerprint density at radius 1 is 1.09 bits per heavy atom. The molecule has 2 aromatic heterocycles. The van der Waals surface area contributed by atoms with E-state index in [1.807, 2.05) is 11.9 Å². The van der Waals surface area contributed by atoms with Gasteiger partial charge < -0.3 is 19.9 Å². The fourth-order valence-corrected chi connectivity index (χ4v) is 6.85. The molecule has 178 valence electrons. The van der Waals surface area contributed by atoms with Gasteiger partial charge in [-0.25, -0.2) is 9.97 Å². The predicted octanol–water partition coefficient (Wildman–Crippen LogP) is 3.13. The Hall–Kier alpha value is -2.19. The number of aromatic amines is 1. The Morgan fingerprint density at radius 2 is 1.91 bits per heavy atom. The summed E-state index contributed by atoms with van der Waals surface area (Å²) in [4.78, 5) is 29.3. The van der Waals surface area contributed by atoms with Crippen molar-refractivity contribution in [2.75, 3.05) is 38.7 Å². The van der Waals surface area contributed by atoms with E-state index in [0.717, 1.165) is 76.3 Å². The summed E-state index contributed by atoms with van der Waals surface area (Å²) in [5.74, 6) is 2.36. The zero-order valence-electron chi connectivity index (χ0n) is 19.6. The highest BCUT2D eigenvalue weighted by molar-refractivity contribution is 5.91. The highest BCUT2D eigenvalue weighted by Crippen LogP contribution is 2.37. The molecule has 5 heterocycles. The number of nitrogens with one attached hydrogen (secondary N) is 2. The third-order valence-corrected chi connectivity index (χ3v) is 8.77. The summed E-state index contributed by atoms with van der Waals surface area (Å²) in [5, 5.41) is 4.96. The second-order valence-corrected chi connectivity index (χ2v) is 10.5. The Kier molecular flexibility index (Phi) is 5.74. The van der Waals surface area contributed by atoms with Gasteiger partial charge in [0.25, 0.3) is 0 Å². The molecule has 6 rings (SSSR count).